The van der Waals surface area contributed by atoms with Gasteiger partial charge in [-0.3, -0.25) is 9.69 Å². The summed E-state index contributed by atoms with van der Waals surface area (Å²) in [5.74, 6) is -0.345. The number of nitrogens with zero attached hydrogens (tertiary/aromatic N) is 2. The predicted octanol–water partition coefficient (Wildman–Crippen LogP) is 1.97. The summed E-state index contributed by atoms with van der Waals surface area (Å²) in [6.07, 6.45) is 0.378. The Morgan fingerprint density at radius 3 is 2.25 bits per heavy atom. The molecule has 0 bridgehead atoms. The lowest BCUT2D eigenvalue weighted by atomic mass is 10.0. The fraction of sp³-hybridized carbons (Fsp3) is 0.833. The maximum Gasteiger partial charge on any atom is 0.321 e. The third-order valence-corrected chi connectivity index (χ3v) is 2.39. The number of carboxylic acid groups (broad SMARTS) is 1. The number of rotatable bonds is 7. The second kappa shape index (κ2) is 7.24. The largest absolute Gasteiger partial charge is 0.480 e. The summed E-state index contributed by atoms with van der Waals surface area (Å²) in [4.78, 5) is 13.1. The molecule has 0 fully saturated rings. The van der Waals surface area contributed by atoms with E-state index in [1.807, 2.05) is 18.7 Å². The number of hydrogen-bond acceptors (Lipinski definition) is 3. The van der Waals surface area contributed by atoms with Crippen LogP contribution < -0.4 is 0 Å². The Labute approximate surface area is 97.9 Å². The molecule has 1 unspecified atom stereocenters. The first kappa shape index (κ1) is 14.9. The molecule has 0 aliphatic carbocycles. The van der Waals surface area contributed by atoms with Crippen LogP contribution in [-0.2, 0) is 4.79 Å². The standard InChI is InChI=1S/C12H22N2O2/c1-9(2)8-14(7-5-6-13)11(10(3)4)12(15)16/h9-11H,5,7-8H2,1-4H3,(H,15,16). The molecule has 16 heavy (non-hydrogen) atoms. The van der Waals surface area contributed by atoms with Gasteiger partial charge in [0.15, 0.2) is 0 Å². The summed E-state index contributed by atoms with van der Waals surface area (Å²) >= 11 is 0. The number of carboxylic acids is 1. The van der Waals surface area contributed by atoms with Gasteiger partial charge in [-0.1, -0.05) is 27.7 Å². The average molecular weight is 226 g/mol. The van der Waals surface area contributed by atoms with Gasteiger partial charge in [0.2, 0.25) is 0 Å². The number of nitriles is 1. The molecule has 0 saturated carbocycles. The first-order valence-electron chi connectivity index (χ1n) is 5.74. The van der Waals surface area contributed by atoms with Gasteiger partial charge in [-0.2, -0.15) is 5.26 Å². The van der Waals surface area contributed by atoms with E-state index >= 15 is 0 Å². The van der Waals surface area contributed by atoms with Gasteiger partial charge in [0.05, 0.1) is 6.07 Å². The van der Waals surface area contributed by atoms with Gasteiger partial charge in [0.1, 0.15) is 6.04 Å². The van der Waals surface area contributed by atoms with Crippen molar-refractivity contribution in [2.24, 2.45) is 11.8 Å². The highest BCUT2D eigenvalue weighted by atomic mass is 16.4. The van der Waals surface area contributed by atoms with Crippen molar-refractivity contribution in [2.45, 2.75) is 40.2 Å². The van der Waals surface area contributed by atoms with Crippen LogP contribution in [0.4, 0.5) is 0 Å². The lowest BCUT2D eigenvalue weighted by Gasteiger charge is -2.32. The van der Waals surface area contributed by atoms with Gasteiger partial charge in [0, 0.05) is 19.5 Å². The Morgan fingerprint density at radius 2 is 1.94 bits per heavy atom. The van der Waals surface area contributed by atoms with Crippen LogP contribution in [0.15, 0.2) is 0 Å². The summed E-state index contributed by atoms with van der Waals surface area (Å²) in [5, 5.41) is 17.8. The van der Waals surface area contributed by atoms with Gasteiger partial charge < -0.3 is 5.11 Å². The summed E-state index contributed by atoms with van der Waals surface area (Å²) in [7, 11) is 0. The minimum atomic E-state index is -0.798. The average Bonchev–Trinajstić information content (AvgIpc) is 2.11. The van der Waals surface area contributed by atoms with E-state index in [-0.39, 0.29) is 5.92 Å². The molecule has 0 aromatic heterocycles. The number of carbonyl (C=O) groups is 1. The molecular formula is C12H22N2O2. The van der Waals surface area contributed by atoms with E-state index in [4.69, 9.17) is 5.26 Å². The fourth-order valence-electron chi connectivity index (χ4n) is 1.87. The van der Waals surface area contributed by atoms with Gasteiger partial charge in [-0.25, -0.2) is 0 Å². The third-order valence-electron chi connectivity index (χ3n) is 2.39. The maximum atomic E-state index is 11.2. The normalized spacial score (nSPS) is 13.1. The molecule has 0 radical (unpaired) electrons. The summed E-state index contributed by atoms with van der Waals surface area (Å²) < 4.78 is 0. The smallest absolute Gasteiger partial charge is 0.321 e. The van der Waals surface area contributed by atoms with Crippen molar-refractivity contribution in [1.29, 1.82) is 5.26 Å². The monoisotopic (exact) mass is 226 g/mol. The first-order valence-corrected chi connectivity index (χ1v) is 5.74. The van der Waals surface area contributed by atoms with E-state index in [9.17, 15) is 9.90 Å². The van der Waals surface area contributed by atoms with Crippen LogP contribution in [-0.4, -0.2) is 35.1 Å². The second-order valence-electron chi connectivity index (χ2n) is 4.82. The molecule has 4 nitrogen and oxygen atoms in total. The number of aliphatic carboxylic acids is 1. The summed E-state index contributed by atoms with van der Waals surface area (Å²) in [5.41, 5.74) is 0. The van der Waals surface area contributed by atoms with Crippen LogP contribution in [0.25, 0.3) is 0 Å². The molecule has 4 heteroatoms. The molecule has 1 atom stereocenters. The van der Waals surface area contributed by atoms with E-state index in [1.165, 1.54) is 0 Å². The Hall–Kier alpha value is -1.08. The zero-order valence-corrected chi connectivity index (χ0v) is 10.6. The summed E-state index contributed by atoms with van der Waals surface area (Å²) in [6.45, 7) is 9.16. The van der Waals surface area contributed by atoms with Crippen molar-refractivity contribution in [2.75, 3.05) is 13.1 Å². The zero-order valence-electron chi connectivity index (χ0n) is 10.6. The van der Waals surface area contributed by atoms with Gasteiger partial charge >= 0.3 is 5.97 Å². The molecule has 0 spiro atoms. The molecule has 0 aliphatic rings. The van der Waals surface area contributed by atoms with Crippen molar-refractivity contribution >= 4 is 5.97 Å². The first-order chi connectivity index (χ1) is 7.40. The maximum absolute atomic E-state index is 11.2. The van der Waals surface area contributed by atoms with E-state index in [2.05, 4.69) is 19.9 Å². The van der Waals surface area contributed by atoms with Gasteiger partial charge in [-0.05, 0) is 11.8 Å². The minimum absolute atomic E-state index is 0.0509. The molecule has 0 aliphatic heterocycles. The second-order valence-corrected chi connectivity index (χ2v) is 4.82. The molecule has 0 saturated heterocycles. The fourth-order valence-corrected chi connectivity index (χ4v) is 1.87. The molecule has 0 aromatic rings. The highest BCUT2D eigenvalue weighted by Gasteiger charge is 2.28. The molecular weight excluding hydrogens is 204 g/mol. The number of hydrogen-bond donors (Lipinski definition) is 1. The Kier molecular flexibility index (Phi) is 6.75. The molecule has 1 N–H and O–H groups in total. The highest BCUT2D eigenvalue weighted by molar-refractivity contribution is 5.73. The van der Waals surface area contributed by atoms with E-state index in [1.54, 1.807) is 0 Å². The lowest BCUT2D eigenvalue weighted by Crippen LogP contribution is -2.46. The van der Waals surface area contributed by atoms with Crippen molar-refractivity contribution in [3.05, 3.63) is 0 Å². The molecule has 0 aromatic carbocycles. The van der Waals surface area contributed by atoms with Crippen LogP contribution in [0.2, 0.25) is 0 Å². The zero-order chi connectivity index (χ0) is 12.7. The molecule has 92 valence electrons. The molecule has 0 amide bonds. The van der Waals surface area contributed by atoms with Gasteiger partial charge in [-0.15, -0.1) is 0 Å². The SMILES string of the molecule is CC(C)CN(CCC#N)C(C(=O)O)C(C)C. The van der Waals surface area contributed by atoms with E-state index in [0.29, 0.717) is 18.9 Å². The Bertz CT molecular complexity index is 256. The van der Waals surface area contributed by atoms with Crippen LogP contribution in [0.3, 0.4) is 0 Å². The lowest BCUT2D eigenvalue weighted by molar-refractivity contribution is -0.145. The molecule has 0 heterocycles. The van der Waals surface area contributed by atoms with E-state index in [0.717, 1.165) is 6.54 Å². The quantitative estimate of drug-likeness (QED) is 0.720. The van der Waals surface area contributed by atoms with Crippen molar-refractivity contribution in [1.82, 2.24) is 4.90 Å². The Morgan fingerprint density at radius 1 is 1.38 bits per heavy atom. The van der Waals surface area contributed by atoms with Crippen molar-refractivity contribution in [3.63, 3.8) is 0 Å². The topological polar surface area (TPSA) is 64.3 Å². The van der Waals surface area contributed by atoms with E-state index < -0.39 is 12.0 Å². The minimum Gasteiger partial charge on any atom is -0.480 e. The van der Waals surface area contributed by atoms with Crippen molar-refractivity contribution < 1.29 is 9.90 Å². The molecule has 0 rings (SSSR count). The van der Waals surface area contributed by atoms with Crippen molar-refractivity contribution in [3.8, 4) is 6.07 Å². The summed E-state index contributed by atoms with van der Waals surface area (Å²) in [6, 6.07) is 1.58. The Balaban J connectivity index is 4.67. The van der Waals surface area contributed by atoms with Crippen LogP contribution >= 0.6 is 0 Å². The van der Waals surface area contributed by atoms with Crippen LogP contribution in [0.5, 0.6) is 0 Å². The third kappa shape index (κ3) is 5.13. The highest BCUT2D eigenvalue weighted by Crippen LogP contribution is 2.14. The van der Waals surface area contributed by atoms with Gasteiger partial charge in [0.25, 0.3) is 0 Å². The van der Waals surface area contributed by atoms with Crippen LogP contribution in [0, 0.1) is 23.2 Å². The van der Waals surface area contributed by atoms with Crippen LogP contribution in [0.1, 0.15) is 34.1 Å². The predicted molar refractivity (Wildman–Crippen MR) is 62.9 cm³/mol.